The van der Waals surface area contributed by atoms with E-state index in [9.17, 15) is 4.39 Å². The summed E-state index contributed by atoms with van der Waals surface area (Å²) < 4.78 is 15.1. The lowest BCUT2D eigenvalue weighted by molar-refractivity contribution is 0.304. The lowest BCUT2D eigenvalue weighted by atomic mass is 9.80. The molecule has 0 saturated carbocycles. The second-order valence-electron chi connectivity index (χ2n) is 4.56. The number of hydrogen-bond donors (Lipinski definition) is 2. The van der Waals surface area contributed by atoms with E-state index in [1.54, 1.807) is 24.3 Å². The van der Waals surface area contributed by atoms with Crippen LogP contribution in [0.25, 0.3) is 0 Å². The Hall–Kier alpha value is -1.07. The van der Waals surface area contributed by atoms with Gasteiger partial charge in [-0.25, -0.2) is 0 Å². The molecule has 0 spiro atoms. The third kappa shape index (κ3) is 8.94. The van der Waals surface area contributed by atoms with Crippen LogP contribution in [0.1, 0.15) is 45.4 Å². The monoisotopic (exact) mass is 284 g/mol. The van der Waals surface area contributed by atoms with Crippen molar-refractivity contribution in [1.29, 1.82) is 0 Å². The molecule has 0 aliphatic carbocycles. The van der Waals surface area contributed by atoms with Crippen molar-refractivity contribution in [2.75, 3.05) is 13.8 Å². The van der Waals surface area contributed by atoms with Gasteiger partial charge in [-0.15, -0.1) is 0 Å². The van der Waals surface area contributed by atoms with Gasteiger partial charge in [-0.05, 0) is 24.0 Å². The van der Waals surface area contributed by atoms with Crippen molar-refractivity contribution in [2.45, 2.75) is 45.4 Å². The SMILES string of the molecule is CCCCCCCCOc1ccc(B(O)O)cc1.CF. The van der Waals surface area contributed by atoms with E-state index in [1.807, 2.05) is 0 Å². The minimum Gasteiger partial charge on any atom is -0.494 e. The van der Waals surface area contributed by atoms with Crippen LogP contribution in [0.5, 0.6) is 5.75 Å². The van der Waals surface area contributed by atoms with Crippen molar-refractivity contribution in [3.8, 4) is 5.75 Å². The van der Waals surface area contributed by atoms with Gasteiger partial charge in [0.15, 0.2) is 0 Å². The maximum atomic E-state index is 9.50. The molecule has 0 heterocycles. The van der Waals surface area contributed by atoms with Gasteiger partial charge in [-0.2, -0.15) is 0 Å². The minimum absolute atomic E-state index is 0.488. The first-order valence-electron chi connectivity index (χ1n) is 7.20. The standard InChI is InChI=1S/C14H23BO3.CH3F/c1-2-3-4-5-6-7-12-18-14-10-8-13(9-11-14)15(16)17;1-2/h8-11,16-17H,2-7,12H2,1H3;1H3. The predicted octanol–water partition coefficient (Wildman–Crippen LogP) is 2.69. The number of rotatable bonds is 9. The Bertz CT molecular complexity index is 317. The smallest absolute Gasteiger partial charge is 0.488 e. The molecule has 114 valence electrons. The van der Waals surface area contributed by atoms with Crippen LogP contribution in [0.2, 0.25) is 0 Å². The van der Waals surface area contributed by atoms with Gasteiger partial charge in [0.1, 0.15) is 5.75 Å². The zero-order chi connectivity index (χ0) is 15.2. The van der Waals surface area contributed by atoms with Crippen molar-refractivity contribution in [3.63, 3.8) is 0 Å². The summed E-state index contributed by atoms with van der Waals surface area (Å²) in [6.07, 6.45) is 7.50. The van der Waals surface area contributed by atoms with E-state index in [4.69, 9.17) is 14.8 Å². The molecule has 1 rings (SSSR count). The number of unbranched alkanes of at least 4 members (excludes halogenated alkanes) is 5. The Morgan fingerprint density at radius 1 is 0.950 bits per heavy atom. The molecule has 0 bridgehead atoms. The average Bonchev–Trinajstić information content (AvgIpc) is 2.49. The molecule has 1 aromatic rings. The first kappa shape index (κ1) is 18.9. The molecule has 0 atom stereocenters. The lowest BCUT2D eigenvalue weighted by Crippen LogP contribution is -2.29. The molecule has 0 fully saturated rings. The minimum atomic E-state index is -1.40. The van der Waals surface area contributed by atoms with Crippen LogP contribution in [0.4, 0.5) is 4.39 Å². The quantitative estimate of drug-likeness (QED) is 0.541. The highest BCUT2D eigenvalue weighted by Gasteiger charge is 2.09. The molecule has 0 amide bonds. The summed E-state index contributed by atoms with van der Waals surface area (Å²) in [6, 6.07) is 6.88. The van der Waals surface area contributed by atoms with Crippen molar-refractivity contribution in [2.24, 2.45) is 0 Å². The van der Waals surface area contributed by atoms with Gasteiger partial charge in [-0.3, -0.25) is 4.39 Å². The van der Waals surface area contributed by atoms with E-state index in [-0.39, 0.29) is 0 Å². The van der Waals surface area contributed by atoms with E-state index in [2.05, 4.69) is 6.92 Å². The Morgan fingerprint density at radius 2 is 1.50 bits per heavy atom. The molecule has 0 aliphatic rings. The second kappa shape index (κ2) is 12.9. The van der Waals surface area contributed by atoms with Crippen LogP contribution in [0.15, 0.2) is 24.3 Å². The van der Waals surface area contributed by atoms with Crippen molar-refractivity contribution in [3.05, 3.63) is 24.3 Å². The Balaban J connectivity index is 0.00000172. The van der Waals surface area contributed by atoms with Gasteiger partial charge in [0.05, 0.1) is 13.8 Å². The molecule has 0 radical (unpaired) electrons. The summed E-state index contributed by atoms with van der Waals surface area (Å²) in [5, 5.41) is 17.9. The molecule has 5 heteroatoms. The largest absolute Gasteiger partial charge is 0.494 e. The van der Waals surface area contributed by atoms with Crippen molar-refractivity contribution in [1.82, 2.24) is 0 Å². The number of benzene rings is 1. The number of alkyl halides is 1. The maximum absolute atomic E-state index is 9.50. The van der Waals surface area contributed by atoms with E-state index < -0.39 is 7.12 Å². The van der Waals surface area contributed by atoms with Gasteiger partial charge < -0.3 is 14.8 Å². The summed E-state index contributed by atoms with van der Waals surface area (Å²) in [7, 11) is -0.905. The van der Waals surface area contributed by atoms with Crippen LogP contribution in [-0.4, -0.2) is 31.0 Å². The molecule has 0 unspecified atom stereocenters. The van der Waals surface area contributed by atoms with E-state index in [1.165, 1.54) is 32.1 Å². The summed E-state index contributed by atoms with van der Waals surface area (Å²) >= 11 is 0. The zero-order valence-electron chi connectivity index (χ0n) is 12.5. The molecule has 0 aromatic heterocycles. The normalized spacial score (nSPS) is 9.65. The summed E-state index contributed by atoms with van der Waals surface area (Å²) in [5.41, 5.74) is 0.488. The van der Waals surface area contributed by atoms with Crippen molar-refractivity contribution >= 4 is 12.6 Å². The van der Waals surface area contributed by atoms with Crippen LogP contribution in [0, 0.1) is 0 Å². The van der Waals surface area contributed by atoms with E-state index in [0.717, 1.165) is 18.8 Å². The topological polar surface area (TPSA) is 49.7 Å². The number of ether oxygens (including phenoxy) is 1. The molecule has 1 aromatic carbocycles. The van der Waals surface area contributed by atoms with Gasteiger partial charge in [0.25, 0.3) is 0 Å². The third-order valence-electron chi connectivity index (χ3n) is 2.94. The predicted molar refractivity (Wildman–Crippen MR) is 82.2 cm³/mol. The number of hydrogen-bond acceptors (Lipinski definition) is 3. The second-order valence-corrected chi connectivity index (χ2v) is 4.56. The van der Waals surface area contributed by atoms with Gasteiger partial charge in [-0.1, -0.05) is 51.2 Å². The van der Waals surface area contributed by atoms with Gasteiger partial charge in [0, 0.05) is 0 Å². The molecule has 3 nitrogen and oxygen atoms in total. The fourth-order valence-corrected chi connectivity index (χ4v) is 1.81. The van der Waals surface area contributed by atoms with Crippen LogP contribution in [0.3, 0.4) is 0 Å². The third-order valence-corrected chi connectivity index (χ3v) is 2.94. The highest BCUT2D eigenvalue weighted by Crippen LogP contribution is 2.10. The highest BCUT2D eigenvalue weighted by atomic mass is 19.1. The average molecular weight is 284 g/mol. The maximum Gasteiger partial charge on any atom is 0.488 e. The summed E-state index contributed by atoms with van der Waals surface area (Å²) in [6.45, 7) is 2.95. The lowest BCUT2D eigenvalue weighted by Gasteiger charge is -2.07. The van der Waals surface area contributed by atoms with Gasteiger partial charge in [0.2, 0.25) is 0 Å². The van der Waals surface area contributed by atoms with E-state index in [0.29, 0.717) is 12.6 Å². The van der Waals surface area contributed by atoms with Crippen LogP contribution < -0.4 is 10.2 Å². The van der Waals surface area contributed by atoms with E-state index >= 15 is 0 Å². The van der Waals surface area contributed by atoms with Gasteiger partial charge >= 0.3 is 7.12 Å². The summed E-state index contributed by atoms with van der Waals surface area (Å²) in [4.78, 5) is 0. The number of halogens is 1. The fourth-order valence-electron chi connectivity index (χ4n) is 1.81. The molecular formula is C15H26BFO3. The molecule has 0 aliphatic heterocycles. The molecular weight excluding hydrogens is 258 g/mol. The molecule has 2 N–H and O–H groups in total. The van der Waals surface area contributed by atoms with Crippen LogP contribution in [-0.2, 0) is 0 Å². The Labute approximate surface area is 121 Å². The Morgan fingerprint density at radius 3 is 2.05 bits per heavy atom. The first-order valence-corrected chi connectivity index (χ1v) is 7.20. The fraction of sp³-hybridized carbons (Fsp3) is 0.600. The summed E-state index contributed by atoms with van der Waals surface area (Å²) in [5.74, 6) is 0.785. The zero-order valence-corrected chi connectivity index (χ0v) is 12.5. The molecule has 0 saturated heterocycles. The molecule has 20 heavy (non-hydrogen) atoms. The Kier molecular flexibility index (Phi) is 12.3. The highest BCUT2D eigenvalue weighted by molar-refractivity contribution is 6.58. The van der Waals surface area contributed by atoms with Crippen molar-refractivity contribution < 1.29 is 19.2 Å². The van der Waals surface area contributed by atoms with Crippen LogP contribution >= 0.6 is 0 Å². The first-order chi connectivity index (χ1) is 9.74.